The van der Waals surface area contributed by atoms with E-state index in [1.54, 1.807) is 13.3 Å². The van der Waals surface area contributed by atoms with E-state index in [0.29, 0.717) is 6.54 Å². The fourth-order valence-corrected chi connectivity index (χ4v) is 3.90. The fourth-order valence-electron chi connectivity index (χ4n) is 3.90. The van der Waals surface area contributed by atoms with Crippen LogP contribution in [0, 0.1) is 0 Å². The molecule has 0 saturated heterocycles. The molecule has 2 heterocycles. The highest BCUT2D eigenvalue weighted by Gasteiger charge is 2.19. The zero-order valence-corrected chi connectivity index (χ0v) is 18.3. The number of carbonyl (C=O) groups is 1. The molecular weight excluding hydrogens is 400 g/mol. The molecule has 0 aliphatic rings. The molecule has 0 spiro atoms. The molecule has 2 atom stereocenters. The number of pyridine rings is 1. The lowest BCUT2D eigenvalue weighted by Crippen LogP contribution is -2.37. The summed E-state index contributed by atoms with van der Waals surface area (Å²) in [6, 6.07) is 20.2. The van der Waals surface area contributed by atoms with Crippen LogP contribution in [0.15, 0.2) is 79.3 Å². The molecule has 32 heavy (non-hydrogen) atoms. The van der Waals surface area contributed by atoms with Crippen molar-refractivity contribution >= 4 is 16.8 Å². The van der Waals surface area contributed by atoms with E-state index in [9.17, 15) is 4.79 Å². The molecule has 2 aromatic carbocycles. The molecule has 1 amide bonds. The van der Waals surface area contributed by atoms with Crippen LogP contribution in [0.3, 0.4) is 0 Å². The van der Waals surface area contributed by atoms with Crippen LogP contribution in [0.25, 0.3) is 10.9 Å². The minimum atomic E-state index is -0.0425. The lowest BCUT2D eigenvalue weighted by Gasteiger charge is -2.19. The maximum atomic E-state index is 12.6. The third-order valence-corrected chi connectivity index (χ3v) is 5.77. The standard InChI is InChI=1S/C26H28N4O2/c1-18(20-6-5-13-27-14-20)28-17-26(31)30-15-23(19-9-11-21(32-2)12-10-19)24-16-29-25-8-4-3-7-22(24)25/h3-14,16,18,23,28-29H,15,17H2,1-2H3,(H,30,31). The summed E-state index contributed by atoms with van der Waals surface area (Å²) in [4.78, 5) is 20.1. The summed E-state index contributed by atoms with van der Waals surface area (Å²) in [7, 11) is 1.66. The number of ether oxygens (including phenoxy) is 1. The number of hydrogen-bond donors (Lipinski definition) is 3. The first kappa shape index (κ1) is 21.6. The Morgan fingerprint density at radius 1 is 1.06 bits per heavy atom. The maximum absolute atomic E-state index is 12.6. The average Bonchev–Trinajstić information content (AvgIpc) is 3.27. The number of nitrogens with one attached hydrogen (secondary N) is 3. The molecule has 4 rings (SSSR count). The van der Waals surface area contributed by atoms with E-state index >= 15 is 0 Å². The van der Waals surface area contributed by atoms with Crippen molar-refractivity contribution in [3.63, 3.8) is 0 Å². The Hall–Kier alpha value is -3.64. The summed E-state index contributed by atoms with van der Waals surface area (Å²) in [6.07, 6.45) is 5.59. The molecule has 2 aromatic heterocycles. The van der Waals surface area contributed by atoms with E-state index in [1.165, 1.54) is 0 Å². The van der Waals surface area contributed by atoms with Gasteiger partial charge in [-0.15, -0.1) is 0 Å². The number of nitrogens with zero attached hydrogens (tertiary/aromatic N) is 1. The molecule has 0 saturated carbocycles. The molecule has 6 heteroatoms. The van der Waals surface area contributed by atoms with Gasteiger partial charge < -0.3 is 20.4 Å². The number of amides is 1. The maximum Gasteiger partial charge on any atom is 0.234 e. The van der Waals surface area contributed by atoms with Gasteiger partial charge in [-0.3, -0.25) is 9.78 Å². The van der Waals surface area contributed by atoms with E-state index in [1.807, 2.05) is 55.7 Å². The predicted octanol–water partition coefficient (Wildman–Crippen LogP) is 4.17. The second kappa shape index (κ2) is 10.1. The number of para-hydroxylation sites is 1. The molecule has 0 aliphatic carbocycles. The number of benzene rings is 2. The Bertz CT molecular complexity index is 1160. The SMILES string of the molecule is COc1ccc(C(CNC(=O)CNC(C)c2cccnc2)c2c[nH]c3ccccc23)cc1. The molecule has 164 valence electrons. The molecule has 0 fully saturated rings. The van der Waals surface area contributed by atoms with Crippen molar-refractivity contribution in [3.8, 4) is 5.75 Å². The van der Waals surface area contributed by atoms with Gasteiger partial charge >= 0.3 is 0 Å². The number of H-pyrrole nitrogens is 1. The molecule has 2 unspecified atom stereocenters. The molecule has 0 radical (unpaired) electrons. The Kier molecular flexibility index (Phi) is 6.82. The quantitative estimate of drug-likeness (QED) is 0.374. The first-order valence-electron chi connectivity index (χ1n) is 10.8. The Morgan fingerprint density at radius 3 is 2.62 bits per heavy atom. The van der Waals surface area contributed by atoms with Gasteiger partial charge in [0, 0.05) is 48.0 Å². The highest BCUT2D eigenvalue weighted by atomic mass is 16.5. The van der Waals surface area contributed by atoms with Gasteiger partial charge in [-0.05, 0) is 47.9 Å². The van der Waals surface area contributed by atoms with Gasteiger partial charge in [-0.25, -0.2) is 0 Å². The van der Waals surface area contributed by atoms with Crippen LogP contribution in [0.1, 0.15) is 35.6 Å². The Balaban J connectivity index is 1.47. The lowest BCUT2D eigenvalue weighted by molar-refractivity contribution is -0.120. The van der Waals surface area contributed by atoms with Gasteiger partial charge in [0.15, 0.2) is 0 Å². The highest BCUT2D eigenvalue weighted by molar-refractivity contribution is 5.84. The second-order valence-electron chi connectivity index (χ2n) is 7.81. The van der Waals surface area contributed by atoms with Gasteiger partial charge in [0.05, 0.1) is 13.7 Å². The number of rotatable bonds is 9. The monoisotopic (exact) mass is 428 g/mol. The minimum Gasteiger partial charge on any atom is -0.497 e. The molecule has 0 aliphatic heterocycles. The number of fused-ring (bicyclic) bond motifs is 1. The van der Waals surface area contributed by atoms with E-state index in [0.717, 1.165) is 33.3 Å². The third kappa shape index (κ3) is 4.98. The minimum absolute atomic E-state index is 0.0109. The van der Waals surface area contributed by atoms with E-state index in [4.69, 9.17) is 4.74 Å². The van der Waals surface area contributed by atoms with E-state index in [-0.39, 0.29) is 24.4 Å². The van der Waals surface area contributed by atoms with Crippen molar-refractivity contribution in [2.24, 2.45) is 0 Å². The number of carbonyl (C=O) groups excluding carboxylic acids is 1. The molecule has 4 aromatic rings. The summed E-state index contributed by atoms with van der Waals surface area (Å²) in [5, 5.41) is 7.53. The fraction of sp³-hybridized carbons (Fsp3) is 0.231. The average molecular weight is 429 g/mol. The molecule has 3 N–H and O–H groups in total. The zero-order chi connectivity index (χ0) is 22.3. The van der Waals surface area contributed by atoms with Crippen LogP contribution in [0.2, 0.25) is 0 Å². The highest BCUT2D eigenvalue weighted by Crippen LogP contribution is 2.31. The number of hydrogen-bond acceptors (Lipinski definition) is 4. The van der Waals surface area contributed by atoms with Crippen molar-refractivity contribution in [1.29, 1.82) is 0 Å². The summed E-state index contributed by atoms with van der Waals surface area (Å²) in [5.41, 5.74) is 4.41. The molecular formula is C26H28N4O2. The first-order valence-corrected chi connectivity index (χ1v) is 10.8. The summed E-state index contributed by atoms with van der Waals surface area (Å²) >= 11 is 0. The number of methoxy groups -OCH3 is 1. The topological polar surface area (TPSA) is 79.0 Å². The van der Waals surface area contributed by atoms with Crippen molar-refractivity contribution < 1.29 is 9.53 Å². The van der Waals surface area contributed by atoms with Gasteiger partial charge in [-0.1, -0.05) is 36.4 Å². The van der Waals surface area contributed by atoms with Crippen LogP contribution in [-0.4, -0.2) is 36.1 Å². The lowest BCUT2D eigenvalue weighted by atomic mass is 9.90. The second-order valence-corrected chi connectivity index (χ2v) is 7.81. The third-order valence-electron chi connectivity index (χ3n) is 5.77. The van der Waals surface area contributed by atoms with Crippen LogP contribution in [0.5, 0.6) is 5.75 Å². The van der Waals surface area contributed by atoms with Crippen LogP contribution >= 0.6 is 0 Å². The smallest absolute Gasteiger partial charge is 0.234 e. The van der Waals surface area contributed by atoms with E-state index < -0.39 is 0 Å². The number of aromatic amines is 1. The van der Waals surface area contributed by atoms with E-state index in [2.05, 4.69) is 44.9 Å². The van der Waals surface area contributed by atoms with Crippen molar-refractivity contribution in [1.82, 2.24) is 20.6 Å². The van der Waals surface area contributed by atoms with Gasteiger partial charge in [0.1, 0.15) is 5.75 Å². The normalized spacial score (nSPS) is 12.9. The summed E-state index contributed by atoms with van der Waals surface area (Å²) in [5.74, 6) is 0.778. The van der Waals surface area contributed by atoms with Crippen LogP contribution in [-0.2, 0) is 4.79 Å². The molecule has 6 nitrogen and oxygen atoms in total. The Morgan fingerprint density at radius 2 is 1.88 bits per heavy atom. The van der Waals surface area contributed by atoms with Gasteiger partial charge in [0.25, 0.3) is 0 Å². The summed E-state index contributed by atoms with van der Waals surface area (Å²) < 4.78 is 5.31. The largest absolute Gasteiger partial charge is 0.497 e. The summed E-state index contributed by atoms with van der Waals surface area (Å²) in [6.45, 7) is 2.76. The van der Waals surface area contributed by atoms with Crippen molar-refractivity contribution in [2.75, 3.05) is 20.2 Å². The Labute approximate surface area is 188 Å². The van der Waals surface area contributed by atoms with Crippen LogP contribution in [0.4, 0.5) is 0 Å². The van der Waals surface area contributed by atoms with Gasteiger partial charge in [0.2, 0.25) is 5.91 Å². The van der Waals surface area contributed by atoms with Crippen molar-refractivity contribution in [3.05, 3.63) is 95.9 Å². The van der Waals surface area contributed by atoms with Crippen LogP contribution < -0.4 is 15.4 Å². The first-order chi connectivity index (χ1) is 15.7. The zero-order valence-electron chi connectivity index (χ0n) is 18.3. The van der Waals surface area contributed by atoms with Gasteiger partial charge in [-0.2, -0.15) is 0 Å². The molecule has 0 bridgehead atoms. The predicted molar refractivity (Wildman–Crippen MR) is 127 cm³/mol. The van der Waals surface area contributed by atoms with Crippen molar-refractivity contribution in [2.45, 2.75) is 18.9 Å². The number of aromatic nitrogens is 2.